The number of carbonyl (C=O) groups excluding carboxylic acids is 1. The number of nitrogens with zero attached hydrogens (tertiary/aromatic N) is 1. The summed E-state index contributed by atoms with van der Waals surface area (Å²) in [6.07, 6.45) is 0. The molecule has 0 saturated carbocycles. The monoisotopic (exact) mass is 346 g/mol. The summed E-state index contributed by atoms with van der Waals surface area (Å²) in [5.74, 6) is 0.248. The molecule has 0 heterocycles. The van der Waals surface area contributed by atoms with Crippen molar-refractivity contribution >= 4 is 21.6 Å². The van der Waals surface area contributed by atoms with Gasteiger partial charge in [0.05, 0.1) is 4.90 Å². The van der Waals surface area contributed by atoms with Gasteiger partial charge >= 0.3 is 0 Å². The van der Waals surface area contributed by atoms with Crippen LogP contribution in [0.1, 0.15) is 24.2 Å². The van der Waals surface area contributed by atoms with Gasteiger partial charge in [-0.05, 0) is 42.3 Å². The van der Waals surface area contributed by atoms with E-state index >= 15 is 0 Å². The van der Waals surface area contributed by atoms with Crippen LogP contribution in [0.15, 0.2) is 59.5 Å². The molecule has 24 heavy (non-hydrogen) atoms. The van der Waals surface area contributed by atoms with Gasteiger partial charge in [-0.15, -0.1) is 0 Å². The lowest BCUT2D eigenvalue weighted by atomic mass is 10.1. The van der Waals surface area contributed by atoms with Gasteiger partial charge in [0.1, 0.15) is 0 Å². The van der Waals surface area contributed by atoms with Crippen LogP contribution in [0.3, 0.4) is 0 Å². The lowest BCUT2D eigenvalue weighted by Crippen LogP contribution is -2.30. The number of benzene rings is 2. The molecular formula is C18H22N2O3S. The molecular weight excluding hydrogens is 324 g/mol. The number of amides is 1. The minimum Gasteiger partial charge on any atom is -0.341 e. The van der Waals surface area contributed by atoms with Crippen molar-refractivity contribution in [2.75, 3.05) is 18.3 Å². The topological polar surface area (TPSA) is 66.5 Å². The highest BCUT2D eigenvalue weighted by Gasteiger charge is 2.17. The highest BCUT2D eigenvalue weighted by Crippen LogP contribution is 2.17. The fourth-order valence-electron chi connectivity index (χ4n) is 2.35. The first-order valence-corrected chi connectivity index (χ1v) is 9.21. The molecule has 0 aliphatic heterocycles. The summed E-state index contributed by atoms with van der Waals surface area (Å²) in [5, 5.41) is 0. The Kier molecular flexibility index (Phi) is 5.62. The predicted molar refractivity (Wildman–Crippen MR) is 95.5 cm³/mol. The molecule has 0 bridgehead atoms. The standard InChI is InChI=1S/C18H22N2O3S/c1-14(2)13-20(3)18(21)15-9-11-17(12-10-15)24(22,23)19-16-7-5-4-6-8-16/h4-12,14,19H,13H2,1-3H3. The Hall–Kier alpha value is -2.34. The summed E-state index contributed by atoms with van der Waals surface area (Å²) in [6, 6.07) is 14.6. The summed E-state index contributed by atoms with van der Waals surface area (Å²) in [5.41, 5.74) is 0.964. The highest BCUT2D eigenvalue weighted by atomic mass is 32.2. The molecule has 128 valence electrons. The van der Waals surface area contributed by atoms with Crippen molar-refractivity contribution in [3.8, 4) is 0 Å². The summed E-state index contributed by atoms with van der Waals surface area (Å²) in [7, 11) is -1.93. The largest absolute Gasteiger partial charge is 0.341 e. The van der Waals surface area contributed by atoms with Crippen LogP contribution in [0.4, 0.5) is 5.69 Å². The van der Waals surface area contributed by atoms with Crippen molar-refractivity contribution in [3.63, 3.8) is 0 Å². The molecule has 1 amide bonds. The van der Waals surface area contributed by atoms with Gasteiger partial charge in [0.2, 0.25) is 0 Å². The van der Waals surface area contributed by atoms with Crippen LogP contribution < -0.4 is 4.72 Å². The molecule has 0 spiro atoms. The summed E-state index contributed by atoms with van der Waals surface area (Å²) >= 11 is 0. The SMILES string of the molecule is CC(C)CN(C)C(=O)c1ccc(S(=O)(=O)Nc2ccccc2)cc1. The molecule has 0 radical (unpaired) electrons. The smallest absolute Gasteiger partial charge is 0.261 e. The van der Waals surface area contributed by atoms with Gasteiger partial charge in [-0.25, -0.2) is 8.42 Å². The summed E-state index contributed by atoms with van der Waals surface area (Å²) < 4.78 is 27.2. The Morgan fingerprint density at radius 1 is 1.04 bits per heavy atom. The van der Waals surface area contributed by atoms with Gasteiger partial charge in [-0.1, -0.05) is 32.0 Å². The van der Waals surface area contributed by atoms with E-state index in [2.05, 4.69) is 4.72 Å². The van der Waals surface area contributed by atoms with Crippen molar-refractivity contribution in [2.45, 2.75) is 18.7 Å². The molecule has 2 aromatic carbocycles. The van der Waals surface area contributed by atoms with E-state index in [0.717, 1.165) is 0 Å². The molecule has 0 fully saturated rings. The van der Waals surface area contributed by atoms with Gasteiger partial charge < -0.3 is 4.90 Å². The average molecular weight is 346 g/mol. The highest BCUT2D eigenvalue weighted by molar-refractivity contribution is 7.92. The van der Waals surface area contributed by atoms with Gasteiger partial charge in [0.15, 0.2) is 0 Å². The number of rotatable bonds is 6. The third-order valence-electron chi connectivity index (χ3n) is 3.42. The fourth-order valence-corrected chi connectivity index (χ4v) is 3.41. The van der Waals surface area contributed by atoms with E-state index in [1.165, 1.54) is 12.1 Å². The van der Waals surface area contributed by atoms with Crippen LogP contribution in [0.2, 0.25) is 0 Å². The number of nitrogens with one attached hydrogen (secondary N) is 1. The second-order valence-electron chi connectivity index (χ2n) is 6.08. The quantitative estimate of drug-likeness (QED) is 0.873. The zero-order valence-electron chi connectivity index (χ0n) is 14.1. The number of anilines is 1. The van der Waals surface area contributed by atoms with Crippen LogP contribution in [0.5, 0.6) is 0 Å². The molecule has 0 unspecified atom stereocenters. The maximum atomic E-state index is 12.4. The number of hydrogen-bond acceptors (Lipinski definition) is 3. The number of hydrogen-bond donors (Lipinski definition) is 1. The van der Waals surface area contributed by atoms with Crippen LogP contribution in [-0.4, -0.2) is 32.8 Å². The van der Waals surface area contributed by atoms with Crippen LogP contribution in [0, 0.1) is 5.92 Å². The van der Waals surface area contributed by atoms with E-state index < -0.39 is 10.0 Å². The molecule has 2 aromatic rings. The lowest BCUT2D eigenvalue weighted by molar-refractivity contribution is 0.0779. The predicted octanol–water partition coefficient (Wildman–Crippen LogP) is 3.22. The van der Waals surface area contributed by atoms with Gasteiger partial charge in [0.25, 0.3) is 15.9 Å². The first kappa shape index (κ1) is 18.0. The Bertz CT molecular complexity index is 785. The van der Waals surface area contributed by atoms with Crippen molar-refractivity contribution in [1.82, 2.24) is 4.90 Å². The van der Waals surface area contributed by atoms with Gasteiger partial charge in [-0.3, -0.25) is 9.52 Å². The second-order valence-corrected chi connectivity index (χ2v) is 7.76. The van der Waals surface area contributed by atoms with Crippen molar-refractivity contribution in [1.29, 1.82) is 0 Å². The van der Waals surface area contributed by atoms with Crippen LogP contribution in [-0.2, 0) is 10.0 Å². The molecule has 0 aromatic heterocycles. The maximum Gasteiger partial charge on any atom is 0.261 e. The van der Waals surface area contributed by atoms with E-state index in [1.807, 2.05) is 19.9 Å². The molecule has 0 aliphatic rings. The first-order chi connectivity index (χ1) is 11.3. The fraction of sp³-hybridized carbons (Fsp3) is 0.278. The Balaban J connectivity index is 2.15. The van der Waals surface area contributed by atoms with E-state index in [1.54, 1.807) is 48.3 Å². The van der Waals surface area contributed by atoms with Gasteiger partial charge in [0, 0.05) is 24.8 Å². The number of para-hydroxylation sites is 1. The molecule has 0 atom stereocenters. The average Bonchev–Trinajstić information content (AvgIpc) is 2.54. The Labute approximate surface area is 143 Å². The third-order valence-corrected chi connectivity index (χ3v) is 4.82. The zero-order chi connectivity index (χ0) is 17.7. The van der Waals surface area contributed by atoms with E-state index in [0.29, 0.717) is 23.7 Å². The molecule has 2 rings (SSSR count). The van der Waals surface area contributed by atoms with Crippen LogP contribution >= 0.6 is 0 Å². The minimum atomic E-state index is -3.67. The maximum absolute atomic E-state index is 12.4. The lowest BCUT2D eigenvalue weighted by Gasteiger charge is -2.19. The molecule has 0 saturated heterocycles. The number of carbonyl (C=O) groups is 1. The van der Waals surface area contributed by atoms with E-state index in [9.17, 15) is 13.2 Å². The van der Waals surface area contributed by atoms with Crippen molar-refractivity contribution in [3.05, 3.63) is 60.2 Å². The normalized spacial score (nSPS) is 11.3. The molecule has 6 heteroatoms. The number of sulfonamides is 1. The molecule has 5 nitrogen and oxygen atoms in total. The Morgan fingerprint density at radius 3 is 2.17 bits per heavy atom. The van der Waals surface area contributed by atoms with E-state index in [4.69, 9.17) is 0 Å². The molecule has 0 aliphatic carbocycles. The minimum absolute atomic E-state index is 0.120. The van der Waals surface area contributed by atoms with E-state index in [-0.39, 0.29) is 10.8 Å². The second kappa shape index (κ2) is 7.49. The molecule has 1 N–H and O–H groups in total. The van der Waals surface area contributed by atoms with Gasteiger partial charge in [-0.2, -0.15) is 0 Å². The third kappa shape index (κ3) is 4.58. The van der Waals surface area contributed by atoms with Crippen molar-refractivity contribution < 1.29 is 13.2 Å². The first-order valence-electron chi connectivity index (χ1n) is 7.73. The summed E-state index contributed by atoms with van der Waals surface area (Å²) in [6.45, 7) is 4.72. The summed E-state index contributed by atoms with van der Waals surface area (Å²) in [4.78, 5) is 14.0. The van der Waals surface area contributed by atoms with Crippen LogP contribution in [0.25, 0.3) is 0 Å². The zero-order valence-corrected chi connectivity index (χ0v) is 14.9. The van der Waals surface area contributed by atoms with Crippen molar-refractivity contribution in [2.24, 2.45) is 5.92 Å². The Morgan fingerprint density at radius 2 is 1.62 bits per heavy atom.